The fourth-order valence-corrected chi connectivity index (χ4v) is 2.03. The van der Waals surface area contributed by atoms with Gasteiger partial charge in [-0.25, -0.2) is 0 Å². The molecule has 1 aliphatic rings. The molecule has 4 nitrogen and oxygen atoms in total. The molecule has 0 radical (unpaired) electrons. The first-order valence-corrected chi connectivity index (χ1v) is 6.31. The second kappa shape index (κ2) is 5.87. The molecule has 0 N–H and O–H groups in total. The Morgan fingerprint density at radius 1 is 1.41 bits per heavy atom. The van der Waals surface area contributed by atoms with E-state index in [1.807, 2.05) is 0 Å². The summed E-state index contributed by atoms with van der Waals surface area (Å²) in [6.45, 7) is 6.52. The zero-order valence-corrected chi connectivity index (χ0v) is 10.7. The summed E-state index contributed by atoms with van der Waals surface area (Å²) in [5.74, 6) is 1.11. The molecule has 0 saturated carbocycles. The van der Waals surface area contributed by atoms with Crippen LogP contribution in [0.5, 0.6) is 0 Å². The largest absolute Gasteiger partial charge is 0.378 e. The molecule has 0 bridgehead atoms. The number of hydrogen-bond acceptors (Lipinski definition) is 2. The van der Waals surface area contributed by atoms with Gasteiger partial charge in [0.1, 0.15) is 5.84 Å². The van der Waals surface area contributed by atoms with Gasteiger partial charge in [-0.1, -0.05) is 6.92 Å². The molecular formula is C13H21N3O. The second-order valence-corrected chi connectivity index (χ2v) is 4.31. The van der Waals surface area contributed by atoms with Crippen molar-refractivity contribution in [3.63, 3.8) is 0 Å². The smallest absolute Gasteiger partial charge is 0.148 e. The van der Waals surface area contributed by atoms with Gasteiger partial charge < -0.3 is 14.2 Å². The van der Waals surface area contributed by atoms with E-state index in [0.29, 0.717) is 0 Å². The lowest BCUT2D eigenvalue weighted by atomic mass is 10.3. The molecule has 4 heteroatoms. The third-order valence-corrected chi connectivity index (χ3v) is 2.97. The Morgan fingerprint density at radius 3 is 2.76 bits per heavy atom. The van der Waals surface area contributed by atoms with E-state index < -0.39 is 0 Å². The molecule has 0 amide bonds. The maximum Gasteiger partial charge on any atom is 0.148 e. The molecule has 1 aromatic rings. The highest BCUT2D eigenvalue weighted by atomic mass is 16.5. The van der Waals surface area contributed by atoms with Crippen LogP contribution in [-0.4, -0.2) is 48.2 Å². The zero-order chi connectivity index (χ0) is 12.1. The van der Waals surface area contributed by atoms with Gasteiger partial charge in [-0.05, 0) is 18.6 Å². The Kier molecular flexibility index (Phi) is 4.20. The van der Waals surface area contributed by atoms with Gasteiger partial charge in [0.05, 0.1) is 18.9 Å². The normalized spacial score (nSPS) is 17.5. The lowest BCUT2D eigenvalue weighted by molar-refractivity contribution is 0.0680. The molecule has 1 saturated heterocycles. The van der Waals surface area contributed by atoms with Crippen LogP contribution in [-0.2, 0) is 11.8 Å². The summed E-state index contributed by atoms with van der Waals surface area (Å²) in [6, 6.07) is 4.20. The summed E-state index contributed by atoms with van der Waals surface area (Å²) >= 11 is 0. The van der Waals surface area contributed by atoms with Crippen LogP contribution in [0.25, 0.3) is 0 Å². The molecule has 2 heterocycles. The van der Waals surface area contributed by atoms with Gasteiger partial charge in [0.15, 0.2) is 0 Å². The minimum Gasteiger partial charge on any atom is -0.378 e. The highest BCUT2D eigenvalue weighted by Gasteiger charge is 2.18. The van der Waals surface area contributed by atoms with Crippen molar-refractivity contribution >= 4 is 5.84 Å². The van der Waals surface area contributed by atoms with Crippen molar-refractivity contribution in [2.24, 2.45) is 12.0 Å². The van der Waals surface area contributed by atoms with Crippen LogP contribution in [0.2, 0.25) is 0 Å². The van der Waals surface area contributed by atoms with E-state index in [4.69, 9.17) is 9.73 Å². The topological polar surface area (TPSA) is 29.8 Å². The van der Waals surface area contributed by atoms with Crippen molar-refractivity contribution in [3.8, 4) is 0 Å². The van der Waals surface area contributed by atoms with E-state index in [-0.39, 0.29) is 0 Å². The molecule has 1 aromatic heterocycles. The lowest BCUT2D eigenvalue weighted by Gasteiger charge is -2.30. The Balaban J connectivity index is 2.21. The number of ether oxygens (including phenoxy) is 1. The molecule has 1 aliphatic heterocycles. The molecule has 0 aliphatic carbocycles. The Bertz CT molecular complexity index is 378. The number of aliphatic imine (C=N–C) groups is 1. The van der Waals surface area contributed by atoms with Crippen LogP contribution in [0.1, 0.15) is 19.0 Å². The van der Waals surface area contributed by atoms with Gasteiger partial charge in [0.25, 0.3) is 0 Å². The van der Waals surface area contributed by atoms with Gasteiger partial charge in [-0.3, -0.25) is 4.99 Å². The molecule has 0 aromatic carbocycles. The van der Waals surface area contributed by atoms with Crippen LogP contribution in [0.15, 0.2) is 23.3 Å². The Labute approximate surface area is 103 Å². The molecule has 17 heavy (non-hydrogen) atoms. The summed E-state index contributed by atoms with van der Waals surface area (Å²) in [4.78, 5) is 7.06. The minimum atomic E-state index is 0.801. The summed E-state index contributed by atoms with van der Waals surface area (Å²) in [7, 11) is 2.07. The molecule has 0 atom stereocenters. The van der Waals surface area contributed by atoms with Crippen molar-refractivity contribution in [1.29, 1.82) is 0 Å². The Hall–Kier alpha value is -1.29. The summed E-state index contributed by atoms with van der Waals surface area (Å²) < 4.78 is 7.53. The molecule has 0 spiro atoms. The predicted octanol–water partition coefficient (Wildman–Crippen LogP) is 1.51. The summed E-state index contributed by atoms with van der Waals surface area (Å²) in [5, 5.41) is 0. The standard InChI is InChI=1S/C13H21N3O/c1-3-6-14-13(12-5-4-7-15(12)2)16-8-10-17-11-9-16/h4-5,7H,3,6,8-11H2,1-2H3. The van der Waals surface area contributed by atoms with E-state index in [9.17, 15) is 0 Å². The molecule has 1 fully saturated rings. The van der Waals surface area contributed by atoms with Crippen LogP contribution >= 0.6 is 0 Å². The quantitative estimate of drug-likeness (QED) is 0.587. The van der Waals surface area contributed by atoms with Gasteiger partial charge in [0, 0.05) is 32.9 Å². The van der Waals surface area contributed by atoms with Crippen molar-refractivity contribution < 1.29 is 4.74 Å². The molecule has 94 valence electrons. The number of morpholine rings is 1. The average molecular weight is 235 g/mol. The van der Waals surface area contributed by atoms with E-state index in [2.05, 4.69) is 41.8 Å². The third kappa shape index (κ3) is 2.88. The van der Waals surface area contributed by atoms with Gasteiger partial charge in [0.2, 0.25) is 0 Å². The number of aryl methyl sites for hydroxylation is 1. The predicted molar refractivity (Wildman–Crippen MR) is 69.5 cm³/mol. The Morgan fingerprint density at radius 2 is 2.18 bits per heavy atom. The van der Waals surface area contributed by atoms with Gasteiger partial charge >= 0.3 is 0 Å². The number of amidine groups is 1. The maximum atomic E-state index is 5.40. The first-order valence-electron chi connectivity index (χ1n) is 6.31. The SMILES string of the molecule is CCCN=C(c1cccn1C)N1CCOCC1. The maximum absolute atomic E-state index is 5.40. The number of nitrogens with zero attached hydrogens (tertiary/aromatic N) is 3. The summed E-state index contributed by atoms with van der Waals surface area (Å²) in [5.41, 5.74) is 1.19. The number of aromatic nitrogens is 1. The van der Waals surface area contributed by atoms with E-state index in [1.54, 1.807) is 0 Å². The fourth-order valence-electron chi connectivity index (χ4n) is 2.03. The second-order valence-electron chi connectivity index (χ2n) is 4.31. The first kappa shape index (κ1) is 12.2. The van der Waals surface area contributed by atoms with Crippen molar-refractivity contribution in [2.45, 2.75) is 13.3 Å². The number of rotatable bonds is 3. The highest BCUT2D eigenvalue weighted by molar-refractivity contribution is 5.97. The van der Waals surface area contributed by atoms with Crippen LogP contribution in [0.3, 0.4) is 0 Å². The first-order chi connectivity index (χ1) is 8.33. The average Bonchev–Trinajstić information content (AvgIpc) is 2.78. The zero-order valence-electron chi connectivity index (χ0n) is 10.7. The molecular weight excluding hydrogens is 214 g/mol. The monoisotopic (exact) mass is 235 g/mol. The fraction of sp³-hybridized carbons (Fsp3) is 0.615. The minimum absolute atomic E-state index is 0.801. The van der Waals surface area contributed by atoms with Crippen molar-refractivity contribution in [1.82, 2.24) is 9.47 Å². The van der Waals surface area contributed by atoms with E-state index >= 15 is 0 Å². The van der Waals surface area contributed by atoms with E-state index in [1.165, 1.54) is 5.69 Å². The van der Waals surface area contributed by atoms with Crippen molar-refractivity contribution in [2.75, 3.05) is 32.8 Å². The van der Waals surface area contributed by atoms with E-state index in [0.717, 1.165) is 45.1 Å². The molecule has 2 rings (SSSR count). The lowest BCUT2D eigenvalue weighted by Crippen LogP contribution is -2.42. The van der Waals surface area contributed by atoms with Crippen molar-refractivity contribution in [3.05, 3.63) is 24.0 Å². The third-order valence-electron chi connectivity index (χ3n) is 2.97. The van der Waals surface area contributed by atoms with Gasteiger partial charge in [-0.15, -0.1) is 0 Å². The van der Waals surface area contributed by atoms with Crippen LogP contribution in [0.4, 0.5) is 0 Å². The van der Waals surface area contributed by atoms with Gasteiger partial charge in [-0.2, -0.15) is 0 Å². The van der Waals surface area contributed by atoms with Crippen LogP contribution < -0.4 is 0 Å². The number of hydrogen-bond donors (Lipinski definition) is 0. The molecule has 0 unspecified atom stereocenters. The summed E-state index contributed by atoms with van der Waals surface area (Å²) in [6.07, 6.45) is 3.15. The highest BCUT2D eigenvalue weighted by Crippen LogP contribution is 2.09. The van der Waals surface area contributed by atoms with Crippen LogP contribution in [0, 0.1) is 0 Å².